The number of morpholine rings is 1. The van der Waals surface area contributed by atoms with Crippen molar-refractivity contribution in [1.82, 2.24) is 25.3 Å². The van der Waals surface area contributed by atoms with Gasteiger partial charge in [-0.3, -0.25) is 14.6 Å². The molecule has 1 aliphatic heterocycles. The molecule has 1 aromatic carbocycles. The molecule has 0 bridgehead atoms. The van der Waals surface area contributed by atoms with Gasteiger partial charge in [0.05, 0.1) is 24.9 Å². The van der Waals surface area contributed by atoms with Gasteiger partial charge >= 0.3 is 0 Å². The number of halogens is 2. The molecule has 3 rings (SSSR count). The molecule has 2 heterocycles. The first-order chi connectivity index (χ1) is 14.0. The van der Waals surface area contributed by atoms with Crippen molar-refractivity contribution in [1.29, 1.82) is 0 Å². The van der Waals surface area contributed by atoms with Gasteiger partial charge in [-0.15, -0.1) is 24.0 Å². The van der Waals surface area contributed by atoms with Crippen LogP contribution >= 0.6 is 24.0 Å². The maximum absolute atomic E-state index is 13.8. The highest BCUT2D eigenvalue weighted by Gasteiger charge is 2.23. The van der Waals surface area contributed by atoms with Crippen LogP contribution in [-0.4, -0.2) is 60.5 Å². The third-order valence-electron chi connectivity index (χ3n) is 5.50. The highest BCUT2D eigenvalue weighted by Crippen LogP contribution is 2.22. The van der Waals surface area contributed by atoms with E-state index in [0.717, 1.165) is 30.0 Å². The average molecular weight is 530 g/mol. The predicted octanol–water partition coefficient (Wildman–Crippen LogP) is 2.53. The summed E-state index contributed by atoms with van der Waals surface area (Å²) in [7, 11) is 3.70. The number of ether oxygens (including phenoxy) is 1. The number of hydrogen-bond donors (Lipinski definition) is 2. The summed E-state index contributed by atoms with van der Waals surface area (Å²) < 4.78 is 21.2. The van der Waals surface area contributed by atoms with Gasteiger partial charge in [-0.25, -0.2) is 4.39 Å². The van der Waals surface area contributed by atoms with Gasteiger partial charge in [0.15, 0.2) is 5.96 Å². The van der Waals surface area contributed by atoms with Gasteiger partial charge in [-0.05, 0) is 31.5 Å². The third kappa shape index (κ3) is 6.14. The Balaban J connectivity index is 0.00000320. The standard InChI is InChI=1S/C21H31FN6O.HI/c1-15-19(16(2)27(4)26-15)13-24-21(23-3)25-14-20(28-8-10-29-11-9-28)17-6-5-7-18(22)12-17;/h5-7,12,20H,8-11,13-14H2,1-4H3,(H2,23,24,25);1H. The summed E-state index contributed by atoms with van der Waals surface area (Å²) in [5.41, 5.74) is 4.27. The summed E-state index contributed by atoms with van der Waals surface area (Å²) in [4.78, 5) is 6.67. The smallest absolute Gasteiger partial charge is 0.191 e. The quantitative estimate of drug-likeness (QED) is 0.342. The number of aromatic nitrogens is 2. The van der Waals surface area contributed by atoms with Crippen LogP contribution in [0.4, 0.5) is 4.39 Å². The molecule has 0 aliphatic carbocycles. The molecule has 9 heteroatoms. The minimum Gasteiger partial charge on any atom is -0.379 e. The Bertz CT molecular complexity index is 850. The van der Waals surface area contributed by atoms with Crippen LogP contribution in [-0.2, 0) is 18.3 Å². The number of aryl methyl sites for hydroxylation is 2. The summed E-state index contributed by atoms with van der Waals surface area (Å²) in [5.74, 6) is 0.494. The first-order valence-corrected chi connectivity index (χ1v) is 10.0. The maximum Gasteiger partial charge on any atom is 0.191 e. The molecule has 1 unspecified atom stereocenters. The Morgan fingerprint density at radius 2 is 2.00 bits per heavy atom. The lowest BCUT2D eigenvalue weighted by atomic mass is 10.0. The molecule has 1 fully saturated rings. The number of hydrogen-bond acceptors (Lipinski definition) is 4. The molecule has 7 nitrogen and oxygen atoms in total. The lowest BCUT2D eigenvalue weighted by Crippen LogP contribution is -2.46. The third-order valence-corrected chi connectivity index (χ3v) is 5.50. The van der Waals surface area contributed by atoms with Gasteiger partial charge in [0.25, 0.3) is 0 Å². The summed E-state index contributed by atoms with van der Waals surface area (Å²) >= 11 is 0. The largest absolute Gasteiger partial charge is 0.379 e. The highest BCUT2D eigenvalue weighted by molar-refractivity contribution is 14.0. The van der Waals surface area contributed by atoms with Crippen molar-refractivity contribution in [3.05, 3.63) is 52.6 Å². The van der Waals surface area contributed by atoms with E-state index in [1.54, 1.807) is 19.2 Å². The van der Waals surface area contributed by atoms with E-state index >= 15 is 0 Å². The van der Waals surface area contributed by atoms with Crippen LogP contribution < -0.4 is 10.6 Å². The average Bonchev–Trinajstić information content (AvgIpc) is 2.97. The second-order valence-corrected chi connectivity index (χ2v) is 7.30. The SMILES string of the molecule is CN=C(NCc1c(C)nn(C)c1C)NCC(c1cccc(F)c1)N1CCOCC1.I. The fourth-order valence-corrected chi connectivity index (χ4v) is 3.72. The minimum absolute atomic E-state index is 0. The Morgan fingerprint density at radius 3 is 2.60 bits per heavy atom. The van der Waals surface area contributed by atoms with Crippen LogP contribution in [0.5, 0.6) is 0 Å². The molecule has 0 radical (unpaired) electrons. The van der Waals surface area contributed by atoms with Crippen molar-refractivity contribution >= 4 is 29.9 Å². The van der Waals surface area contributed by atoms with Crippen molar-refractivity contribution < 1.29 is 9.13 Å². The molecule has 1 saturated heterocycles. The number of nitrogens with one attached hydrogen (secondary N) is 2. The Hall–Kier alpha value is -1.72. The van der Waals surface area contributed by atoms with Crippen LogP contribution in [0.25, 0.3) is 0 Å². The molecule has 30 heavy (non-hydrogen) atoms. The minimum atomic E-state index is -0.217. The molecule has 1 aromatic heterocycles. The van der Waals surface area contributed by atoms with Gasteiger partial charge in [0, 0.05) is 51.5 Å². The van der Waals surface area contributed by atoms with Crippen molar-refractivity contribution in [3.8, 4) is 0 Å². The topological polar surface area (TPSA) is 66.7 Å². The second-order valence-electron chi connectivity index (χ2n) is 7.30. The van der Waals surface area contributed by atoms with Gasteiger partial charge in [0.2, 0.25) is 0 Å². The first-order valence-electron chi connectivity index (χ1n) is 10.0. The molecule has 0 saturated carbocycles. The second kappa shape index (κ2) is 11.6. The zero-order valence-corrected chi connectivity index (χ0v) is 20.4. The zero-order valence-electron chi connectivity index (χ0n) is 18.1. The normalized spacial score (nSPS) is 16.1. The molecule has 166 valence electrons. The van der Waals surface area contributed by atoms with E-state index in [1.165, 1.54) is 11.6 Å². The predicted molar refractivity (Wildman–Crippen MR) is 128 cm³/mol. The van der Waals surface area contributed by atoms with E-state index < -0.39 is 0 Å². The van der Waals surface area contributed by atoms with Crippen molar-refractivity contribution in [2.24, 2.45) is 12.0 Å². The van der Waals surface area contributed by atoms with E-state index in [-0.39, 0.29) is 35.8 Å². The van der Waals surface area contributed by atoms with Crippen LogP contribution in [0.3, 0.4) is 0 Å². The van der Waals surface area contributed by atoms with E-state index in [9.17, 15) is 4.39 Å². The van der Waals surface area contributed by atoms with Crippen LogP contribution in [0, 0.1) is 19.7 Å². The first kappa shape index (κ1) is 24.5. The summed E-state index contributed by atoms with van der Waals surface area (Å²) in [6.45, 7) is 8.37. The van der Waals surface area contributed by atoms with Crippen LogP contribution in [0.2, 0.25) is 0 Å². The van der Waals surface area contributed by atoms with E-state index in [1.807, 2.05) is 24.7 Å². The summed E-state index contributed by atoms with van der Waals surface area (Å²) in [5, 5.41) is 11.2. The maximum atomic E-state index is 13.8. The number of benzene rings is 1. The molecular formula is C21H32FIN6O. The van der Waals surface area contributed by atoms with Crippen LogP contribution in [0.15, 0.2) is 29.3 Å². The van der Waals surface area contributed by atoms with Gasteiger partial charge in [0.1, 0.15) is 5.82 Å². The van der Waals surface area contributed by atoms with Crippen LogP contribution in [0.1, 0.15) is 28.6 Å². The molecule has 1 aliphatic rings. The Labute approximate surface area is 195 Å². The van der Waals surface area contributed by atoms with Crippen molar-refractivity contribution in [2.45, 2.75) is 26.4 Å². The Morgan fingerprint density at radius 1 is 1.27 bits per heavy atom. The summed E-state index contributed by atoms with van der Waals surface area (Å²) in [6, 6.07) is 6.87. The number of rotatable bonds is 6. The van der Waals surface area contributed by atoms with Gasteiger partial charge in [-0.2, -0.15) is 5.10 Å². The number of nitrogens with zero attached hydrogens (tertiary/aromatic N) is 4. The fraction of sp³-hybridized carbons (Fsp3) is 0.524. The monoisotopic (exact) mass is 530 g/mol. The Kier molecular flexibility index (Phi) is 9.50. The number of guanidine groups is 1. The fourth-order valence-electron chi connectivity index (χ4n) is 3.72. The van der Waals surface area contributed by atoms with Crippen molar-refractivity contribution in [3.63, 3.8) is 0 Å². The molecule has 0 amide bonds. The van der Waals surface area contributed by atoms with Crippen molar-refractivity contribution in [2.75, 3.05) is 39.9 Å². The lowest BCUT2D eigenvalue weighted by Gasteiger charge is -2.35. The summed E-state index contributed by atoms with van der Waals surface area (Å²) in [6.07, 6.45) is 0. The van der Waals surface area contributed by atoms with Gasteiger partial charge in [-0.1, -0.05) is 12.1 Å². The van der Waals surface area contributed by atoms with Gasteiger partial charge < -0.3 is 15.4 Å². The van der Waals surface area contributed by atoms with E-state index in [0.29, 0.717) is 32.3 Å². The molecular weight excluding hydrogens is 498 g/mol. The molecule has 2 aromatic rings. The zero-order chi connectivity index (χ0) is 20.8. The molecule has 1 atom stereocenters. The molecule has 2 N–H and O–H groups in total. The van der Waals surface area contributed by atoms with E-state index in [4.69, 9.17) is 4.74 Å². The van der Waals surface area contributed by atoms with E-state index in [2.05, 4.69) is 32.5 Å². The highest BCUT2D eigenvalue weighted by atomic mass is 127. The number of aliphatic imine (C=N–C) groups is 1. The lowest BCUT2D eigenvalue weighted by molar-refractivity contribution is 0.0169. The molecule has 0 spiro atoms.